The molecule has 0 spiro atoms. The first-order valence-corrected chi connectivity index (χ1v) is 6.62. The number of amides is 1. The number of para-hydroxylation sites is 1. The van der Waals surface area contributed by atoms with Crippen molar-refractivity contribution < 1.29 is 19.0 Å². The number of hydrazone groups is 1. The molecule has 0 radical (unpaired) electrons. The van der Waals surface area contributed by atoms with E-state index in [9.17, 15) is 14.3 Å². The Morgan fingerprint density at radius 2 is 2.14 bits per heavy atom. The van der Waals surface area contributed by atoms with Gasteiger partial charge in [-0.05, 0) is 30.3 Å². The van der Waals surface area contributed by atoms with Crippen LogP contribution in [0.15, 0.2) is 47.6 Å². The van der Waals surface area contributed by atoms with Crippen molar-refractivity contribution in [3.63, 3.8) is 0 Å². The van der Waals surface area contributed by atoms with Gasteiger partial charge in [-0.1, -0.05) is 23.7 Å². The molecule has 0 heterocycles. The summed E-state index contributed by atoms with van der Waals surface area (Å²) in [5, 5.41) is 13.6. The quantitative estimate of drug-likeness (QED) is 0.657. The van der Waals surface area contributed by atoms with Gasteiger partial charge < -0.3 is 9.84 Å². The minimum atomic E-state index is -0.568. The lowest BCUT2D eigenvalue weighted by Gasteiger charge is -2.05. The number of carbonyl (C=O) groups is 1. The third-order valence-corrected chi connectivity index (χ3v) is 2.81. The van der Waals surface area contributed by atoms with Crippen LogP contribution < -0.4 is 10.2 Å². The minimum absolute atomic E-state index is 0.0193. The molecular weight excluding hydrogens is 311 g/mol. The molecule has 22 heavy (non-hydrogen) atoms. The Hall–Kier alpha value is -2.60. The number of phenols is 1. The van der Waals surface area contributed by atoms with E-state index in [2.05, 4.69) is 10.5 Å². The van der Waals surface area contributed by atoms with Gasteiger partial charge in [-0.3, -0.25) is 4.79 Å². The highest BCUT2D eigenvalue weighted by molar-refractivity contribution is 6.30. The lowest BCUT2D eigenvalue weighted by molar-refractivity contribution is -0.123. The van der Waals surface area contributed by atoms with Crippen LogP contribution in [0.2, 0.25) is 5.02 Å². The molecule has 7 heteroatoms. The summed E-state index contributed by atoms with van der Waals surface area (Å²) in [6, 6.07) is 10.2. The van der Waals surface area contributed by atoms with Crippen molar-refractivity contribution in [2.75, 3.05) is 6.61 Å². The van der Waals surface area contributed by atoms with Gasteiger partial charge in [0.15, 0.2) is 18.2 Å². The highest BCUT2D eigenvalue weighted by Gasteiger charge is 2.05. The second-order valence-corrected chi connectivity index (χ2v) is 4.65. The SMILES string of the molecule is O=C(COc1ccccc1F)N/N=C/c1cc(Cl)ccc1O. The molecule has 0 aliphatic heterocycles. The average molecular weight is 323 g/mol. The summed E-state index contributed by atoms with van der Waals surface area (Å²) in [5.74, 6) is -1.16. The Bertz CT molecular complexity index is 707. The molecule has 0 aromatic heterocycles. The maximum atomic E-state index is 13.3. The van der Waals surface area contributed by atoms with Gasteiger partial charge in [-0.25, -0.2) is 9.82 Å². The van der Waals surface area contributed by atoms with E-state index in [1.54, 1.807) is 6.07 Å². The molecule has 2 aromatic rings. The molecule has 0 aliphatic rings. The zero-order chi connectivity index (χ0) is 15.9. The number of aromatic hydroxyl groups is 1. The van der Waals surface area contributed by atoms with Crippen molar-refractivity contribution in [1.29, 1.82) is 0 Å². The maximum absolute atomic E-state index is 13.3. The van der Waals surface area contributed by atoms with Crippen molar-refractivity contribution in [3.8, 4) is 11.5 Å². The van der Waals surface area contributed by atoms with Crippen LogP contribution in [0, 0.1) is 5.82 Å². The van der Waals surface area contributed by atoms with Gasteiger partial charge in [0.1, 0.15) is 5.75 Å². The fraction of sp³-hybridized carbons (Fsp3) is 0.0667. The fourth-order valence-electron chi connectivity index (χ4n) is 1.54. The second-order valence-electron chi connectivity index (χ2n) is 4.22. The van der Waals surface area contributed by atoms with Gasteiger partial charge in [0.05, 0.1) is 6.21 Å². The van der Waals surface area contributed by atoms with E-state index >= 15 is 0 Å². The van der Waals surface area contributed by atoms with Crippen LogP contribution in [-0.4, -0.2) is 23.8 Å². The number of benzene rings is 2. The van der Waals surface area contributed by atoms with Gasteiger partial charge in [-0.2, -0.15) is 5.10 Å². The van der Waals surface area contributed by atoms with Crippen molar-refractivity contribution in [3.05, 3.63) is 58.9 Å². The smallest absolute Gasteiger partial charge is 0.277 e. The monoisotopic (exact) mass is 322 g/mol. The summed E-state index contributed by atoms with van der Waals surface area (Å²) in [5.41, 5.74) is 2.55. The predicted octanol–water partition coefficient (Wildman–Crippen LogP) is 2.71. The Morgan fingerprint density at radius 3 is 2.91 bits per heavy atom. The highest BCUT2D eigenvalue weighted by Crippen LogP contribution is 2.19. The van der Waals surface area contributed by atoms with E-state index in [1.807, 2.05) is 0 Å². The average Bonchev–Trinajstić information content (AvgIpc) is 2.50. The summed E-state index contributed by atoms with van der Waals surface area (Å²) in [6.45, 7) is -0.389. The first kappa shape index (κ1) is 15.8. The van der Waals surface area contributed by atoms with Crippen LogP contribution in [0.3, 0.4) is 0 Å². The molecule has 2 rings (SSSR count). The van der Waals surface area contributed by atoms with Crippen LogP contribution in [0.4, 0.5) is 4.39 Å². The maximum Gasteiger partial charge on any atom is 0.277 e. The molecule has 0 saturated carbocycles. The number of ether oxygens (including phenoxy) is 1. The number of nitrogens with one attached hydrogen (secondary N) is 1. The lowest BCUT2D eigenvalue weighted by atomic mass is 10.2. The van der Waals surface area contributed by atoms with Crippen LogP contribution >= 0.6 is 11.6 Å². The molecule has 0 unspecified atom stereocenters. The molecule has 5 nitrogen and oxygen atoms in total. The molecule has 0 bridgehead atoms. The van der Waals surface area contributed by atoms with Crippen molar-refractivity contribution in [1.82, 2.24) is 5.43 Å². The zero-order valence-corrected chi connectivity index (χ0v) is 12.0. The molecule has 1 amide bonds. The van der Waals surface area contributed by atoms with Gasteiger partial charge in [-0.15, -0.1) is 0 Å². The Balaban J connectivity index is 1.86. The van der Waals surface area contributed by atoms with E-state index in [1.165, 1.54) is 42.6 Å². The molecule has 0 fully saturated rings. The summed E-state index contributed by atoms with van der Waals surface area (Å²) >= 11 is 5.78. The Labute approximate surface area is 131 Å². The van der Waals surface area contributed by atoms with Gasteiger partial charge in [0.2, 0.25) is 0 Å². The van der Waals surface area contributed by atoms with Gasteiger partial charge in [0.25, 0.3) is 5.91 Å². The Kier molecular flexibility index (Phi) is 5.32. The Morgan fingerprint density at radius 1 is 1.36 bits per heavy atom. The molecule has 0 aliphatic carbocycles. The standard InChI is InChI=1S/C15H12ClFN2O3/c16-11-5-6-13(20)10(7-11)8-18-19-15(21)9-22-14-4-2-1-3-12(14)17/h1-8,20H,9H2,(H,19,21)/b18-8+. The third kappa shape index (κ3) is 4.46. The first-order chi connectivity index (χ1) is 10.6. The molecule has 0 atom stereocenters. The number of carbonyl (C=O) groups excluding carboxylic acids is 1. The van der Waals surface area contributed by atoms with Crippen LogP contribution in [-0.2, 0) is 4.79 Å². The molecule has 114 valence electrons. The van der Waals surface area contributed by atoms with Crippen molar-refractivity contribution >= 4 is 23.7 Å². The van der Waals surface area contributed by atoms with Crippen molar-refractivity contribution in [2.45, 2.75) is 0 Å². The van der Waals surface area contributed by atoms with E-state index in [-0.39, 0.29) is 18.1 Å². The second kappa shape index (κ2) is 7.42. The van der Waals surface area contributed by atoms with Crippen LogP contribution in [0.25, 0.3) is 0 Å². The number of nitrogens with zero attached hydrogens (tertiary/aromatic N) is 1. The van der Waals surface area contributed by atoms with Crippen LogP contribution in [0.1, 0.15) is 5.56 Å². The predicted molar refractivity (Wildman–Crippen MR) is 80.7 cm³/mol. The molecular formula is C15H12ClFN2O3. The summed E-state index contributed by atoms with van der Waals surface area (Å²) in [7, 11) is 0. The van der Waals surface area contributed by atoms with Crippen LogP contribution in [0.5, 0.6) is 11.5 Å². The van der Waals surface area contributed by atoms with E-state index in [0.717, 1.165) is 0 Å². The lowest BCUT2D eigenvalue weighted by Crippen LogP contribution is -2.24. The van der Waals surface area contributed by atoms with E-state index in [0.29, 0.717) is 10.6 Å². The summed E-state index contributed by atoms with van der Waals surface area (Å²) in [4.78, 5) is 11.5. The minimum Gasteiger partial charge on any atom is -0.507 e. The number of hydrogen-bond acceptors (Lipinski definition) is 4. The van der Waals surface area contributed by atoms with E-state index in [4.69, 9.17) is 16.3 Å². The number of rotatable bonds is 5. The summed E-state index contributed by atoms with van der Waals surface area (Å²) in [6.07, 6.45) is 1.24. The largest absolute Gasteiger partial charge is 0.507 e. The zero-order valence-electron chi connectivity index (χ0n) is 11.3. The topological polar surface area (TPSA) is 70.9 Å². The summed E-state index contributed by atoms with van der Waals surface area (Å²) < 4.78 is 18.3. The molecule has 2 aromatic carbocycles. The first-order valence-electron chi connectivity index (χ1n) is 6.24. The van der Waals surface area contributed by atoms with Gasteiger partial charge in [0, 0.05) is 10.6 Å². The number of hydrogen-bond donors (Lipinski definition) is 2. The normalized spacial score (nSPS) is 10.6. The number of phenolic OH excluding ortho intramolecular Hbond substituents is 1. The highest BCUT2D eigenvalue weighted by atomic mass is 35.5. The van der Waals surface area contributed by atoms with E-state index < -0.39 is 11.7 Å². The fourth-order valence-corrected chi connectivity index (χ4v) is 1.72. The molecule has 2 N–H and O–H groups in total. The van der Waals surface area contributed by atoms with Gasteiger partial charge >= 0.3 is 0 Å². The molecule has 0 saturated heterocycles. The number of halogens is 2. The van der Waals surface area contributed by atoms with Crippen molar-refractivity contribution in [2.24, 2.45) is 5.10 Å². The third-order valence-electron chi connectivity index (χ3n) is 2.58.